The number of carboxylic acids is 1. The quantitative estimate of drug-likeness (QED) is 0.864. The Labute approximate surface area is 114 Å². The summed E-state index contributed by atoms with van der Waals surface area (Å²) in [6.07, 6.45) is 0.789. The normalized spacial score (nSPS) is 12.1. The molecule has 0 aliphatic rings. The van der Waals surface area contributed by atoms with Gasteiger partial charge < -0.3 is 10.4 Å². The molecular formula is C14H14FNO2S. The minimum atomic E-state index is -1.06. The molecule has 0 bridgehead atoms. The monoisotopic (exact) mass is 279 g/mol. The van der Waals surface area contributed by atoms with Crippen LogP contribution in [0.15, 0.2) is 35.7 Å². The minimum absolute atomic E-state index is 0.0152. The summed E-state index contributed by atoms with van der Waals surface area (Å²) >= 11 is 1.59. The van der Waals surface area contributed by atoms with E-state index in [0.29, 0.717) is 0 Å². The van der Waals surface area contributed by atoms with Gasteiger partial charge >= 0.3 is 5.97 Å². The third kappa shape index (κ3) is 3.12. The van der Waals surface area contributed by atoms with Crippen LogP contribution in [-0.4, -0.2) is 11.1 Å². The van der Waals surface area contributed by atoms with Crippen LogP contribution in [0.2, 0.25) is 0 Å². The van der Waals surface area contributed by atoms with E-state index in [0.717, 1.165) is 11.3 Å². The van der Waals surface area contributed by atoms with E-state index in [1.54, 1.807) is 11.3 Å². The standard InChI is InChI=1S/C14H14FNO2S/c1-2-11(13-4-3-7-19-13)16-12-8-9(14(17)18)5-6-10(12)15/h3-8,11,16H,2H2,1H3,(H,17,18). The molecule has 2 aromatic rings. The number of anilines is 1. The molecule has 1 heterocycles. The number of hydrogen-bond donors (Lipinski definition) is 2. The molecule has 1 atom stereocenters. The molecule has 0 saturated carbocycles. The molecule has 5 heteroatoms. The van der Waals surface area contributed by atoms with E-state index in [4.69, 9.17) is 5.11 Å². The van der Waals surface area contributed by atoms with Crippen LogP contribution in [-0.2, 0) is 0 Å². The van der Waals surface area contributed by atoms with E-state index in [1.165, 1.54) is 18.2 Å². The molecule has 0 saturated heterocycles. The number of nitrogens with one attached hydrogen (secondary N) is 1. The van der Waals surface area contributed by atoms with Crippen LogP contribution in [0.3, 0.4) is 0 Å². The number of aromatic carboxylic acids is 1. The zero-order valence-electron chi connectivity index (χ0n) is 10.4. The fourth-order valence-corrected chi connectivity index (χ4v) is 2.68. The lowest BCUT2D eigenvalue weighted by Gasteiger charge is -2.17. The van der Waals surface area contributed by atoms with E-state index in [1.807, 2.05) is 24.4 Å². The molecule has 0 aliphatic heterocycles. The predicted molar refractivity (Wildman–Crippen MR) is 74.3 cm³/mol. The van der Waals surface area contributed by atoms with Gasteiger partial charge in [0, 0.05) is 4.88 Å². The summed E-state index contributed by atoms with van der Waals surface area (Å²) in [6.45, 7) is 2.00. The fraction of sp³-hybridized carbons (Fsp3) is 0.214. The maximum absolute atomic E-state index is 13.7. The lowest BCUT2D eigenvalue weighted by Crippen LogP contribution is -2.10. The number of benzene rings is 1. The minimum Gasteiger partial charge on any atom is -0.478 e. The van der Waals surface area contributed by atoms with Crippen LogP contribution in [0.1, 0.15) is 34.6 Å². The van der Waals surface area contributed by atoms with Crippen molar-refractivity contribution < 1.29 is 14.3 Å². The first kappa shape index (κ1) is 13.5. The van der Waals surface area contributed by atoms with Crippen molar-refractivity contribution >= 4 is 23.0 Å². The highest BCUT2D eigenvalue weighted by molar-refractivity contribution is 7.10. The molecule has 2 rings (SSSR count). The highest BCUT2D eigenvalue weighted by atomic mass is 32.1. The molecule has 19 heavy (non-hydrogen) atoms. The van der Waals surface area contributed by atoms with Crippen LogP contribution in [0.25, 0.3) is 0 Å². The third-order valence-electron chi connectivity index (χ3n) is 2.84. The molecule has 2 N–H and O–H groups in total. The molecule has 0 amide bonds. The second-order valence-corrected chi connectivity index (χ2v) is 5.10. The van der Waals surface area contributed by atoms with E-state index < -0.39 is 11.8 Å². The van der Waals surface area contributed by atoms with Gasteiger partial charge in [0.1, 0.15) is 5.82 Å². The van der Waals surface area contributed by atoms with Gasteiger partial charge in [-0.15, -0.1) is 11.3 Å². The Hall–Kier alpha value is -1.88. The van der Waals surface area contributed by atoms with Crippen LogP contribution in [0, 0.1) is 5.82 Å². The molecule has 1 aromatic carbocycles. The Morgan fingerprint density at radius 2 is 2.26 bits per heavy atom. The van der Waals surface area contributed by atoms with Gasteiger partial charge in [-0.3, -0.25) is 0 Å². The summed E-state index contributed by atoms with van der Waals surface area (Å²) < 4.78 is 13.7. The van der Waals surface area contributed by atoms with Gasteiger partial charge in [-0.2, -0.15) is 0 Å². The van der Waals surface area contributed by atoms with Crippen LogP contribution in [0.4, 0.5) is 10.1 Å². The van der Waals surface area contributed by atoms with Gasteiger partial charge in [-0.05, 0) is 36.1 Å². The summed E-state index contributed by atoms with van der Waals surface area (Å²) in [5.41, 5.74) is 0.296. The fourth-order valence-electron chi connectivity index (χ4n) is 1.82. The van der Waals surface area contributed by atoms with Crippen molar-refractivity contribution in [2.24, 2.45) is 0 Å². The average molecular weight is 279 g/mol. The van der Waals surface area contributed by atoms with Crippen molar-refractivity contribution in [3.05, 3.63) is 52.0 Å². The number of hydrogen-bond acceptors (Lipinski definition) is 3. The summed E-state index contributed by atoms with van der Waals surface area (Å²) in [4.78, 5) is 12.0. The smallest absolute Gasteiger partial charge is 0.335 e. The SMILES string of the molecule is CCC(Nc1cc(C(=O)O)ccc1F)c1cccs1. The first-order chi connectivity index (χ1) is 9.11. The molecule has 0 fully saturated rings. The molecule has 100 valence electrons. The second kappa shape index (κ2) is 5.84. The van der Waals surface area contributed by atoms with Crippen molar-refractivity contribution in [1.29, 1.82) is 0 Å². The topological polar surface area (TPSA) is 49.3 Å². The van der Waals surface area contributed by atoms with E-state index >= 15 is 0 Å². The van der Waals surface area contributed by atoms with Gasteiger partial charge in [0.2, 0.25) is 0 Å². The number of carbonyl (C=O) groups is 1. The highest BCUT2D eigenvalue weighted by Gasteiger charge is 2.14. The number of carboxylic acid groups (broad SMARTS) is 1. The number of rotatable bonds is 5. The predicted octanol–water partition coefficient (Wildman–Crippen LogP) is 4.15. The Morgan fingerprint density at radius 1 is 1.47 bits per heavy atom. The summed E-state index contributed by atoms with van der Waals surface area (Å²) in [6, 6.07) is 7.66. The zero-order valence-corrected chi connectivity index (χ0v) is 11.2. The highest BCUT2D eigenvalue weighted by Crippen LogP contribution is 2.28. The third-order valence-corrected chi connectivity index (χ3v) is 3.82. The molecule has 1 unspecified atom stereocenters. The lowest BCUT2D eigenvalue weighted by molar-refractivity contribution is 0.0697. The Balaban J connectivity index is 2.26. The van der Waals surface area contributed by atoms with Gasteiger partial charge in [-0.25, -0.2) is 9.18 Å². The van der Waals surface area contributed by atoms with Crippen LogP contribution < -0.4 is 5.32 Å². The number of thiophene rings is 1. The van der Waals surface area contributed by atoms with Crippen LogP contribution in [0.5, 0.6) is 0 Å². The average Bonchev–Trinajstić information content (AvgIpc) is 2.91. The van der Waals surface area contributed by atoms with Crippen molar-refractivity contribution in [3.63, 3.8) is 0 Å². The Bertz CT molecular complexity index is 569. The summed E-state index contributed by atoms with van der Waals surface area (Å²) in [5, 5.41) is 14.0. The Kier molecular flexibility index (Phi) is 4.16. The van der Waals surface area contributed by atoms with Gasteiger partial charge in [0.05, 0.1) is 17.3 Å². The van der Waals surface area contributed by atoms with Gasteiger partial charge in [-0.1, -0.05) is 13.0 Å². The number of halogens is 1. The lowest BCUT2D eigenvalue weighted by atomic mass is 10.1. The molecule has 0 aliphatic carbocycles. The summed E-state index contributed by atoms with van der Waals surface area (Å²) in [7, 11) is 0. The first-order valence-corrected chi connectivity index (χ1v) is 6.82. The van der Waals surface area contributed by atoms with Crippen molar-refractivity contribution in [1.82, 2.24) is 0 Å². The molecular weight excluding hydrogens is 265 g/mol. The molecule has 3 nitrogen and oxygen atoms in total. The van der Waals surface area contributed by atoms with Crippen LogP contribution >= 0.6 is 11.3 Å². The second-order valence-electron chi connectivity index (χ2n) is 4.12. The maximum Gasteiger partial charge on any atom is 0.335 e. The largest absolute Gasteiger partial charge is 0.478 e. The molecule has 0 spiro atoms. The van der Waals surface area contributed by atoms with Crippen molar-refractivity contribution in [3.8, 4) is 0 Å². The zero-order chi connectivity index (χ0) is 13.8. The Morgan fingerprint density at radius 3 is 2.84 bits per heavy atom. The maximum atomic E-state index is 13.7. The van der Waals surface area contributed by atoms with E-state index in [-0.39, 0.29) is 17.3 Å². The van der Waals surface area contributed by atoms with E-state index in [9.17, 15) is 9.18 Å². The van der Waals surface area contributed by atoms with Crippen molar-refractivity contribution in [2.75, 3.05) is 5.32 Å². The molecule has 1 aromatic heterocycles. The molecule has 0 radical (unpaired) electrons. The van der Waals surface area contributed by atoms with Crippen molar-refractivity contribution in [2.45, 2.75) is 19.4 Å². The van der Waals surface area contributed by atoms with Gasteiger partial charge in [0.15, 0.2) is 0 Å². The summed E-state index contributed by atoms with van der Waals surface area (Å²) in [5.74, 6) is -1.51. The first-order valence-electron chi connectivity index (χ1n) is 5.94. The van der Waals surface area contributed by atoms with Gasteiger partial charge in [0.25, 0.3) is 0 Å². The van der Waals surface area contributed by atoms with E-state index in [2.05, 4.69) is 5.32 Å².